The van der Waals surface area contributed by atoms with E-state index in [1.807, 2.05) is 18.2 Å². The van der Waals surface area contributed by atoms with Crippen molar-refractivity contribution in [2.45, 2.75) is 13.3 Å². The molecular weight excluding hydrogens is 180 g/mol. The summed E-state index contributed by atoms with van der Waals surface area (Å²) < 4.78 is 1.20. The van der Waals surface area contributed by atoms with Crippen LogP contribution in [0.1, 0.15) is 11.9 Å². The first kappa shape index (κ1) is 8.38. The Morgan fingerprint density at radius 3 is 3.08 bits per heavy atom. The zero-order chi connectivity index (χ0) is 9.26. The number of rotatable bonds is 2. The SMILES string of the molecule is C=Nc1ccc2nc(CC)sc2c1. The first-order chi connectivity index (χ1) is 6.33. The van der Waals surface area contributed by atoms with E-state index >= 15 is 0 Å². The van der Waals surface area contributed by atoms with E-state index in [1.54, 1.807) is 11.3 Å². The zero-order valence-corrected chi connectivity index (χ0v) is 8.27. The summed E-state index contributed by atoms with van der Waals surface area (Å²) in [5.41, 5.74) is 1.98. The first-order valence-corrected chi connectivity index (χ1v) is 5.01. The van der Waals surface area contributed by atoms with Crippen molar-refractivity contribution >= 4 is 34.0 Å². The van der Waals surface area contributed by atoms with Crippen LogP contribution in [-0.2, 0) is 6.42 Å². The Morgan fingerprint density at radius 2 is 2.38 bits per heavy atom. The Kier molecular flexibility index (Phi) is 2.10. The van der Waals surface area contributed by atoms with Crippen LogP contribution in [0.3, 0.4) is 0 Å². The van der Waals surface area contributed by atoms with Crippen LogP contribution in [0.5, 0.6) is 0 Å². The third-order valence-electron chi connectivity index (χ3n) is 1.90. The molecule has 13 heavy (non-hydrogen) atoms. The lowest BCUT2D eigenvalue weighted by atomic mass is 10.3. The molecule has 0 spiro atoms. The van der Waals surface area contributed by atoms with Gasteiger partial charge in [0.2, 0.25) is 0 Å². The molecule has 0 aliphatic rings. The molecule has 1 heterocycles. The molecular formula is C10H10N2S. The molecule has 0 aliphatic carbocycles. The van der Waals surface area contributed by atoms with Gasteiger partial charge < -0.3 is 0 Å². The molecule has 2 aromatic rings. The number of aryl methyl sites for hydroxylation is 1. The molecule has 0 bridgehead atoms. The van der Waals surface area contributed by atoms with Crippen LogP contribution in [0.4, 0.5) is 5.69 Å². The molecule has 0 aliphatic heterocycles. The highest BCUT2D eigenvalue weighted by molar-refractivity contribution is 7.18. The molecule has 3 heteroatoms. The van der Waals surface area contributed by atoms with E-state index in [1.165, 1.54) is 9.71 Å². The Balaban J connectivity index is 2.63. The largest absolute Gasteiger partial charge is 0.265 e. The van der Waals surface area contributed by atoms with E-state index in [0.29, 0.717) is 0 Å². The Hall–Kier alpha value is -1.22. The average Bonchev–Trinajstić information content (AvgIpc) is 2.58. The fraction of sp³-hybridized carbons (Fsp3) is 0.200. The summed E-state index contributed by atoms with van der Waals surface area (Å²) in [5.74, 6) is 0. The summed E-state index contributed by atoms with van der Waals surface area (Å²) in [6.07, 6.45) is 0.996. The van der Waals surface area contributed by atoms with E-state index < -0.39 is 0 Å². The smallest absolute Gasteiger partial charge is 0.0935 e. The Bertz CT molecular complexity index is 445. The van der Waals surface area contributed by atoms with Crippen LogP contribution in [0.2, 0.25) is 0 Å². The van der Waals surface area contributed by atoms with Gasteiger partial charge in [0.1, 0.15) is 0 Å². The number of aromatic nitrogens is 1. The highest BCUT2D eigenvalue weighted by atomic mass is 32.1. The fourth-order valence-electron chi connectivity index (χ4n) is 1.21. The maximum atomic E-state index is 4.46. The predicted molar refractivity (Wildman–Crippen MR) is 58.2 cm³/mol. The van der Waals surface area contributed by atoms with Crippen LogP contribution in [-0.4, -0.2) is 11.7 Å². The molecule has 0 N–H and O–H groups in total. The van der Waals surface area contributed by atoms with Gasteiger partial charge in [0, 0.05) is 0 Å². The van der Waals surface area contributed by atoms with Crippen molar-refractivity contribution < 1.29 is 0 Å². The van der Waals surface area contributed by atoms with Gasteiger partial charge in [-0.2, -0.15) is 0 Å². The summed E-state index contributed by atoms with van der Waals surface area (Å²) in [7, 11) is 0. The van der Waals surface area contributed by atoms with E-state index in [-0.39, 0.29) is 0 Å². The second-order valence-electron chi connectivity index (χ2n) is 2.77. The second kappa shape index (κ2) is 3.26. The van der Waals surface area contributed by atoms with E-state index in [9.17, 15) is 0 Å². The molecule has 0 atom stereocenters. The maximum Gasteiger partial charge on any atom is 0.0935 e. The minimum Gasteiger partial charge on any atom is -0.265 e. The maximum absolute atomic E-state index is 4.46. The van der Waals surface area contributed by atoms with Crippen molar-refractivity contribution in [3.63, 3.8) is 0 Å². The van der Waals surface area contributed by atoms with Gasteiger partial charge >= 0.3 is 0 Å². The quantitative estimate of drug-likeness (QED) is 0.667. The van der Waals surface area contributed by atoms with Gasteiger partial charge in [-0.1, -0.05) is 6.92 Å². The van der Waals surface area contributed by atoms with Crippen molar-refractivity contribution in [1.82, 2.24) is 4.98 Å². The van der Waals surface area contributed by atoms with E-state index in [4.69, 9.17) is 0 Å². The van der Waals surface area contributed by atoms with Crippen molar-refractivity contribution in [3.05, 3.63) is 23.2 Å². The highest BCUT2D eigenvalue weighted by Crippen LogP contribution is 2.26. The van der Waals surface area contributed by atoms with Crippen molar-refractivity contribution in [1.29, 1.82) is 0 Å². The Labute approximate surface area is 81.0 Å². The normalized spacial score (nSPS) is 10.5. The summed E-state index contributed by atoms with van der Waals surface area (Å²) in [5, 5.41) is 1.18. The molecule has 0 radical (unpaired) electrons. The second-order valence-corrected chi connectivity index (χ2v) is 3.89. The topological polar surface area (TPSA) is 25.2 Å². The summed E-state index contributed by atoms with van der Waals surface area (Å²) in [4.78, 5) is 8.35. The first-order valence-electron chi connectivity index (χ1n) is 4.19. The molecule has 0 fully saturated rings. The van der Waals surface area contributed by atoms with E-state index in [2.05, 4.69) is 23.6 Å². The number of aliphatic imine (C=N–C) groups is 1. The molecule has 0 amide bonds. The summed E-state index contributed by atoms with van der Waals surface area (Å²) >= 11 is 1.73. The van der Waals surface area contributed by atoms with Crippen LogP contribution in [0.25, 0.3) is 10.2 Å². The van der Waals surface area contributed by atoms with Gasteiger partial charge in [-0.25, -0.2) is 4.98 Å². The number of fused-ring (bicyclic) bond motifs is 1. The minimum absolute atomic E-state index is 0.916. The number of nitrogens with zero attached hydrogens (tertiary/aromatic N) is 2. The number of hydrogen-bond acceptors (Lipinski definition) is 3. The number of hydrogen-bond donors (Lipinski definition) is 0. The van der Waals surface area contributed by atoms with Crippen LogP contribution >= 0.6 is 11.3 Å². The van der Waals surface area contributed by atoms with Crippen LogP contribution in [0, 0.1) is 0 Å². The molecule has 0 unspecified atom stereocenters. The van der Waals surface area contributed by atoms with Crippen molar-refractivity contribution in [2.24, 2.45) is 4.99 Å². The lowest BCUT2D eigenvalue weighted by molar-refractivity contribution is 1.11. The lowest BCUT2D eigenvalue weighted by Crippen LogP contribution is -1.73. The lowest BCUT2D eigenvalue weighted by Gasteiger charge is -1.89. The van der Waals surface area contributed by atoms with Gasteiger partial charge in [-0.3, -0.25) is 4.99 Å². The van der Waals surface area contributed by atoms with Crippen molar-refractivity contribution in [3.8, 4) is 0 Å². The fourth-order valence-corrected chi connectivity index (χ4v) is 2.15. The van der Waals surface area contributed by atoms with Gasteiger partial charge in [0.15, 0.2) is 0 Å². The molecule has 66 valence electrons. The van der Waals surface area contributed by atoms with Gasteiger partial charge in [-0.05, 0) is 31.3 Å². The molecule has 1 aromatic carbocycles. The van der Waals surface area contributed by atoms with Crippen LogP contribution < -0.4 is 0 Å². The average molecular weight is 190 g/mol. The van der Waals surface area contributed by atoms with Gasteiger partial charge in [-0.15, -0.1) is 11.3 Å². The third-order valence-corrected chi connectivity index (χ3v) is 3.06. The van der Waals surface area contributed by atoms with Crippen molar-refractivity contribution in [2.75, 3.05) is 0 Å². The molecule has 2 rings (SSSR count). The van der Waals surface area contributed by atoms with Crippen LogP contribution in [0.15, 0.2) is 23.2 Å². The molecule has 0 saturated carbocycles. The van der Waals surface area contributed by atoms with E-state index in [0.717, 1.165) is 17.6 Å². The molecule has 1 aromatic heterocycles. The Morgan fingerprint density at radius 1 is 1.54 bits per heavy atom. The standard InChI is InChI=1S/C10H10N2S/c1-3-10-12-8-5-4-7(11-2)6-9(8)13-10/h4-6H,2-3H2,1H3. The highest BCUT2D eigenvalue weighted by Gasteiger charge is 2.01. The number of benzene rings is 1. The monoisotopic (exact) mass is 190 g/mol. The van der Waals surface area contributed by atoms with Gasteiger partial charge in [0.25, 0.3) is 0 Å². The number of thiazole rings is 1. The minimum atomic E-state index is 0.916. The third kappa shape index (κ3) is 1.47. The predicted octanol–water partition coefficient (Wildman–Crippen LogP) is 3.19. The summed E-state index contributed by atoms with van der Waals surface area (Å²) in [6, 6.07) is 5.96. The molecule has 0 saturated heterocycles. The molecule has 2 nitrogen and oxygen atoms in total. The zero-order valence-electron chi connectivity index (χ0n) is 7.45. The van der Waals surface area contributed by atoms with Gasteiger partial charge in [0.05, 0.1) is 20.9 Å². The summed E-state index contributed by atoms with van der Waals surface area (Å²) in [6.45, 7) is 5.61.